The van der Waals surface area contributed by atoms with Gasteiger partial charge in [0.25, 0.3) is 0 Å². The SMILES string of the molecule is CC(C)(C)C1CN(CCOCC(F)(F)F)C(C)(C)CN1. The number of nitrogens with one attached hydrogen (secondary N) is 1. The van der Waals surface area contributed by atoms with Gasteiger partial charge in [-0.1, -0.05) is 20.8 Å². The highest BCUT2D eigenvalue weighted by Crippen LogP contribution is 2.27. The molecule has 1 aliphatic heterocycles. The summed E-state index contributed by atoms with van der Waals surface area (Å²) in [6.45, 7) is 11.8. The topological polar surface area (TPSA) is 24.5 Å². The van der Waals surface area contributed by atoms with Gasteiger partial charge in [-0.2, -0.15) is 13.2 Å². The first-order valence-electron chi connectivity index (χ1n) is 7.05. The van der Waals surface area contributed by atoms with Crippen LogP contribution in [0.5, 0.6) is 0 Å². The average Bonchev–Trinajstić information content (AvgIpc) is 2.22. The zero-order valence-electron chi connectivity index (χ0n) is 13.1. The highest BCUT2D eigenvalue weighted by molar-refractivity contribution is 4.96. The molecule has 6 heteroatoms. The number of ether oxygens (including phenoxy) is 1. The van der Waals surface area contributed by atoms with Crippen molar-refractivity contribution in [3.05, 3.63) is 0 Å². The summed E-state index contributed by atoms with van der Waals surface area (Å²) in [5.41, 5.74) is 0.0604. The molecule has 1 saturated heterocycles. The lowest BCUT2D eigenvalue weighted by molar-refractivity contribution is -0.175. The van der Waals surface area contributed by atoms with Crippen LogP contribution in [0.1, 0.15) is 34.6 Å². The molecule has 1 aliphatic rings. The molecule has 1 N–H and O–H groups in total. The number of alkyl halides is 3. The van der Waals surface area contributed by atoms with Crippen LogP contribution in [0, 0.1) is 5.41 Å². The Morgan fingerprint density at radius 3 is 2.35 bits per heavy atom. The van der Waals surface area contributed by atoms with E-state index in [1.807, 2.05) is 0 Å². The van der Waals surface area contributed by atoms with Crippen LogP contribution in [0.4, 0.5) is 13.2 Å². The van der Waals surface area contributed by atoms with Gasteiger partial charge in [-0.25, -0.2) is 0 Å². The van der Waals surface area contributed by atoms with Crippen LogP contribution in [0.3, 0.4) is 0 Å². The van der Waals surface area contributed by atoms with Crippen LogP contribution < -0.4 is 5.32 Å². The fourth-order valence-corrected chi connectivity index (χ4v) is 2.35. The third-order valence-electron chi connectivity index (χ3n) is 3.86. The lowest BCUT2D eigenvalue weighted by Gasteiger charge is -2.49. The smallest absolute Gasteiger partial charge is 0.371 e. The Kier molecular flexibility index (Phi) is 5.49. The van der Waals surface area contributed by atoms with Gasteiger partial charge < -0.3 is 10.1 Å². The van der Waals surface area contributed by atoms with Crippen LogP contribution in [0.15, 0.2) is 0 Å². The van der Waals surface area contributed by atoms with Gasteiger partial charge in [-0.3, -0.25) is 4.90 Å². The minimum absolute atomic E-state index is 0.0661. The molecule has 0 radical (unpaired) electrons. The molecule has 3 nitrogen and oxygen atoms in total. The van der Waals surface area contributed by atoms with Crippen LogP contribution in [-0.2, 0) is 4.74 Å². The van der Waals surface area contributed by atoms with Crippen molar-refractivity contribution in [2.75, 3.05) is 32.8 Å². The minimum atomic E-state index is -4.24. The summed E-state index contributed by atoms with van der Waals surface area (Å²) in [6.07, 6.45) is -4.24. The van der Waals surface area contributed by atoms with Crippen molar-refractivity contribution in [3.8, 4) is 0 Å². The fourth-order valence-electron chi connectivity index (χ4n) is 2.35. The van der Waals surface area contributed by atoms with Gasteiger partial charge in [0.05, 0.1) is 6.61 Å². The summed E-state index contributed by atoms with van der Waals surface area (Å²) < 4.78 is 40.9. The zero-order valence-corrected chi connectivity index (χ0v) is 13.1. The highest BCUT2D eigenvalue weighted by atomic mass is 19.4. The van der Waals surface area contributed by atoms with E-state index in [1.165, 1.54) is 0 Å². The standard InChI is InChI=1S/C14H27F3N2O/c1-12(2,3)11-8-19(13(4,5)9-18-11)6-7-20-10-14(15,16)17/h11,18H,6-10H2,1-5H3. The Hall–Kier alpha value is -0.330. The maximum Gasteiger partial charge on any atom is 0.411 e. The van der Waals surface area contributed by atoms with Gasteiger partial charge in [-0.15, -0.1) is 0 Å². The number of halogens is 3. The summed E-state index contributed by atoms with van der Waals surface area (Å²) in [6, 6.07) is 0.332. The molecular formula is C14H27F3N2O. The first-order chi connectivity index (χ1) is 8.92. The normalized spacial score (nSPS) is 24.9. The molecule has 0 bridgehead atoms. The summed E-state index contributed by atoms with van der Waals surface area (Å²) in [4.78, 5) is 2.22. The molecule has 0 saturated carbocycles. The van der Waals surface area contributed by atoms with Crippen molar-refractivity contribution in [2.45, 2.75) is 52.4 Å². The summed E-state index contributed by atoms with van der Waals surface area (Å²) in [7, 11) is 0. The first-order valence-corrected chi connectivity index (χ1v) is 7.05. The van der Waals surface area contributed by atoms with Crippen molar-refractivity contribution < 1.29 is 17.9 Å². The summed E-state index contributed by atoms with van der Waals surface area (Å²) >= 11 is 0. The maximum absolute atomic E-state index is 12.0. The Bertz CT molecular complexity index is 311. The molecule has 1 atom stereocenters. The lowest BCUT2D eigenvalue weighted by Crippen LogP contribution is -2.65. The maximum atomic E-state index is 12.0. The molecule has 0 amide bonds. The Balaban J connectivity index is 2.48. The second kappa shape index (κ2) is 6.20. The van der Waals surface area contributed by atoms with E-state index in [9.17, 15) is 13.2 Å². The fraction of sp³-hybridized carbons (Fsp3) is 1.00. The van der Waals surface area contributed by atoms with Crippen LogP contribution in [0.25, 0.3) is 0 Å². The van der Waals surface area contributed by atoms with Crippen molar-refractivity contribution in [3.63, 3.8) is 0 Å². The molecule has 1 heterocycles. The van der Waals surface area contributed by atoms with Crippen molar-refractivity contribution in [1.82, 2.24) is 10.2 Å². The van der Waals surface area contributed by atoms with Crippen molar-refractivity contribution in [2.24, 2.45) is 5.41 Å². The van der Waals surface area contributed by atoms with Gasteiger partial charge in [0, 0.05) is 31.2 Å². The minimum Gasteiger partial charge on any atom is -0.371 e. The summed E-state index contributed by atoms with van der Waals surface area (Å²) in [5, 5.41) is 3.53. The Morgan fingerprint density at radius 2 is 1.85 bits per heavy atom. The molecule has 0 aromatic rings. The molecule has 1 rings (SSSR count). The second-order valence-electron chi connectivity index (χ2n) is 7.23. The van der Waals surface area contributed by atoms with E-state index >= 15 is 0 Å². The largest absolute Gasteiger partial charge is 0.411 e. The molecule has 120 valence electrons. The van der Waals surface area contributed by atoms with Crippen molar-refractivity contribution in [1.29, 1.82) is 0 Å². The predicted octanol–water partition coefficient (Wildman–Crippen LogP) is 2.66. The van der Waals surface area contributed by atoms with E-state index in [2.05, 4.69) is 44.8 Å². The molecular weight excluding hydrogens is 269 g/mol. The van der Waals surface area contributed by atoms with E-state index < -0.39 is 12.8 Å². The molecule has 1 unspecified atom stereocenters. The Morgan fingerprint density at radius 1 is 1.25 bits per heavy atom. The monoisotopic (exact) mass is 296 g/mol. The third-order valence-corrected chi connectivity index (χ3v) is 3.86. The van der Waals surface area contributed by atoms with E-state index in [0.717, 1.165) is 13.1 Å². The highest BCUT2D eigenvalue weighted by Gasteiger charge is 2.38. The first kappa shape index (κ1) is 17.7. The van der Waals surface area contributed by atoms with Crippen LogP contribution >= 0.6 is 0 Å². The summed E-state index contributed by atoms with van der Waals surface area (Å²) in [5.74, 6) is 0. The zero-order chi connectivity index (χ0) is 15.6. The number of hydrogen-bond acceptors (Lipinski definition) is 3. The quantitative estimate of drug-likeness (QED) is 0.807. The van der Waals surface area contributed by atoms with E-state index in [1.54, 1.807) is 0 Å². The average molecular weight is 296 g/mol. The van der Waals surface area contributed by atoms with Crippen LogP contribution in [0.2, 0.25) is 0 Å². The number of rotatable bonds is 4. The molecule has 1 fully saturated rings. The van der Waals surface area contributed by atoms with Crippen LogP contribution in [-0.4, -0.2) is 55.5 Å². The molecule has 0 aromatic heterocycles. The van der Waals surface area contributed by atoms with Gasteiger partial charge in [-0.05, 0) is 19.3 Å². The molecule has 0 spiro atoms. The van der Waals surface area contributed by atoms with E-state index in [-0.39, 0.29) is 17.6 Å². The number of nitrogens with zero attached hydrogens (tertiary/aromatic N) is 1. The van der Waals surface area contributed by atoms with E-state index in [4.69, 9.17) is 4.74 Å². The Labute approximate surface area is 119 Å². The molecule has 0 aliphatic carbocycles. The van der Waals surface area contributed by atoms with Gasteiger partial charge in [0.1, 0.15) is 6.61 Å². The number of piperazine rings is 1. The predicted molar refractivity (Wildman–Crippen MR) is 73.8 cm³/mol. The molecule has 20 heavy (non-hydrogen) atoms. The van der Waals surface area contributed by atoms with Gasteiger partial charge >= 0.3 is 6.18 Å². The third kappa shape index (κ3) is 5.58. The lowest BCUT2D eigenvalue weighted by atomic mass is 9.83. The second-order valence-corrected chi connectivity index (χ2v) is 7.23. The molecule has 0 aromatic carbocycles. The van der Waals surface area contributed by atoms with E-state index in [0.29, 0.717) is 12.6 Å². The van der Waals surface area contributed by atoms with Crippen molar-refractivity contribution >= 4 is 0 Å². The number of hydrogen-bond donors (Lipinski definition) is 1. The van der Waals surface area contributed by atoms with Gasteiger partial charge in [0.15, 0.2) is 0 Å². The van der Waals surface area contributed by atoms with Gasteiger partial charge in [0.2, 0.25) is 0 Å².